The van der Waals surface area contributed by atoms with E-state index in [2.05, 4.69) is 11.0 Å². The van der Waals surface area contributed by atoms with Crippen LogP contribution < -0.4 is 4.90 Å². The van der Waals surface area contributed by atoms with Crippen LogP contribution in [0.4, 0.5) is 5.69 Å². The molecule has 0 unspecified atom stereocenters. The molecular formula is C12H14ClNO. The Balaban J connectivity index is 2.07. The van der Waals surface area contributed by atoms with Crippen LogP contribution in [0.25, 0.3) is 0 Å². The van der Waals surface area contributed by atoms with Gasteiger partial charge in [-0.2, -0.15) is 0 Å². The van der Waals surface area contributed by atoms with Crippen molar-refractivity contribution >= 4 is 17.3 Å². The minimum absolute atomic E-state index is 0.781. The molecule has 1 heterocycles. The highest BCUT2D eigenvalue weighted by molar-refractivity contribution is 6.30. The van der Waals surface area contributed by atoms with Gasteiger partial charge >= 0.3 is 0 Å². The molecule has 15 heavy (non-hydrogen) atoms. The van der Waals surface area contributed by atoms with Crippen molar-refractivity contribution in [2.45, 2.75) is 6.42 Å². The first-order chi connectivity index (χ1) is 7.29. The molecule has 80 valence electrons. The summed E-state index contributed by atoms with van der Waals surface area (Å²) in [4.78, 5) is 2.30. The predicted octanol–water partition coefficient (Wildman–Crippen LogP) is 3.08. The third kappa shape index (κ3) is 2.45. The highest BCUT2D eigenvalue weighted by Gasteiger charge is 2.11. The van der Waals surface area contributed by atoms with E-state index in [1.165, 1.54) is 5.69 Å². The van der Waals surface area contributed by atoms with Crippen LogP contribution in [0.1, 0.15) is 6.42 Å². The first-order valence-electron chi connectivity index (χ1n) is 5.03. The average Bonchev–Trinajstić information content (AvgIpc) is 2.30. The van der Waals surface area contributed by atoms with Crippen molar-refractivity contribution in [3.8, 4) is 0 Å². The van der Waals surface area contributed by atoms with E-state index in [9.17, 15) is 0 Å². The molecule has 0 radical (unpaired) electrons. The van der Waals surface area contributed by atoms with E-state index in [1.807, 2.05) is 24.3 Å². The van der Waals surface area contributed by atoms with Gasteiger partial charge in [0, 0.05) is 30.2 Å². The normalized spacial score (nSPS) is 16.1. The Hall–Kier alpha value is -1.15. The molecule has 0 amide bonds. The van der Waals surface area contributed by atoms with Crippen molar-refractivity contribution < 1.29 is 4.74 Å². The number of rotatable bonds is 2. The van der Waals surface area contributed by atoms with Gasteiger partial charge in [0.2, 0.25) is 0 Å². The minimum atomic E-state index is 0.781. The van der Waals surface area contributed by atoms with E-state index in [0.717, 1.165) is 30.3 Å². The van der Waals surface area contributed by atoms with Gasteiger partial charge < -0.3 is 9.64 Å². The van der Waals surface area contributed by atoms with Gasteiger partial charge in [0.15, 0.2) is 0 Å². The van der Waals surface area contributed by atoms with Gasteiger partial charge in [0.25, 0.3) is 0 Å². The van der Waals surface area contributed by atoms with Crippen molar-refractivity contribution in [2.75, 3.05) is 25.1 Å². The van der Waals surface area contributed by atoms with Crippen LogP contribution in [0.3, 0.4) is 0 Å². The fraction of sp³-hybridized carbons (Fsp3) is 0.333. The van der Waals surface area contributed by atoms with Crippen LogP contribution >= 0.6 is 11.6 Å². The SMILES string of the molecule is COC1=CCN(c2ccc(Cl)cc2)CC1. The summed E-state index contributed by atoms with van der Waals surface area (Å²) >= 11 is 5.85. The van der Waals surface area contributed by atoms with Gasteiger partial charge in [-0.05, 0) is 30.3 Å². The molecule has 1 aromatic rings. The van der Waals surface area contributed by atoms with Crippen molar-refractivity contribution in [1.82, 2.24) is 0 Å². The quantitative estimate of drug-likeness (QED) is 0.764. The molecule has 0 atom stereocenters. The Kier molecular flexibility index (Phi) is 3.17. The summed E-state index contributed by atoms with van der Waals surface area (Å²) in [6.45, 7) is 1.91. The lowest BCUT2D eigenvalue weighted by atomic mass is 10.2. The van der Waals surface area contributed by atoms with Gasteiger partial charge in [0.1, 0.15) is 0 Å². The zero-order valence-electron chi connectivity index (χ0n) is 8.74. The molecule has 0 bridgehead atoms. The molecule has 0 fully saturated rings. The molecule has 0 aliphatic carbocycles. The molecule has 1 aliphatic heterocycles. The second kappa shape index (κ2) is 4.58. The molecule has 2 rings (SSSR count). The van der Waals surface area contributed by atoms with E-state index in [4.69, 9.17) is 16.3 Å². The van der Waals surface area contributed by atoms with Crippen LogP contribution in [-0.2, 0) is 4.74 Å². The van der Waals surface area contributed by atoms with Gasteiger partial charge in [0.05, 0.1) is 12.9 Å². The lowest BCUT2D eigenvalue weighted by Gasteiger charge is -2.27. The summed E-state index contributed by atoms with van der Waals surface area (Å²) in [6.07, 6.45) is 3.09. The lowest BCUT2D eigenvalue weighted by Crippen LogP contribution is -2.28. The Labute approximate surface area is 95.1 Å². The largest absolute Gasteiger partial charge is 0.501 e. The van der Waals surface area contributed by atoms with Crippen molar-refractivity contribution in [3.05, 3.63) is 41.1 Å². The molecule has 0 spiro atoms. The zero-order chi connectivity index (χ0) is 10.7. The molecule has 1 aliphatic rings. The second-order valence-electron chi connectivity index (χ2n) is 3.55. The highest BCUT2D eigenvalue weighted by Crippen LogP contribution is 2.21. The van der Waals surface area contributed by atoms with Gasteiger partial charge in [-0.3, -0.25) is 0 Å². The summed E-state index contributed by atoms with van der Waals surface area (Å²) in [5, 5.41) is 0.781. The zero-order valence-corrected chi connectivity index (χ0v) is 9.50. The van der Waals surface area contributed by atoms with Crippen LogP contribution in [-0.4, -0.2) is 20.2 Å². The first-order valence-corrected chi connectivity index (χ1v) is 5.41. The maximum Gasteiger partial charge on any atom is 0.0950 e. The monoisotopic (exact) mass is 223 g/mol. The summed E-state index contributed by atoms with van der Waals surface area (Å²) < 4.78 is 5.21. The Bertz CT molecular complexity index is 358. The number of halogens is 1. The number of hydrogen-bond donors (Lipinski definition) is 0. The summed E-state index contributed by atoms with van der Waals surface area (Å²) in [7, 11) is 1.73. The summed E-state index contributed by atoms with van der Waals surface area (Å²) in [6, 6.07) is 7.95. The summed E-state index contributed by atoms with van der Waals surface area (Å²) in [5.74, 6) is 1.08. The smallest absolute Gasteiger partial charge is 0.0950 e. The Morgan fingerprint density at radius 1 is 1.27 bits per heavy atom. The third-order valence-corrected chi connectivity index (χ3v) is 2.87. The number of ether oxygens (including phenoxy) is 1. The molecule has 0 saturated heterocycles. The Morgan fingerprint density at radius 2 is 2.00 bits per heavy atom. The first kappa shape index (κ1) is 10.4. The third-order valence-electron chi connectivity index (χ3n) is 2.62. The molecule has 3 heteroatoms. The number of methoxy groups -OCH3 is 1. The molecule has 0 N–H and O–H groups in total. The molecule has 0 aromatic heterocycles. The molecular weight excluding hydrogens is 210 g/mol. The number of nitrogens with zero attached hydrogens (tertiary/aromatic N) is 1. The van der Waals surface area contributed by atoms with E-state index < -0.39 is 0 Å². The number of anilines is 1. The van der Waals surface area contributed by atoms with Gasteiger partial charge in [-0.15, -0.1) is 0 Å². The fourth-order valence-corrected chi connectivity index (χ4v) is 1.85. The summed E-state index contributed by atoms with van der Waals surface area (Å²) in [5.41, 5.74) is 1.21. The predicted molar refractivity (Wildman–Crippen MR) is 63.4 cm³/mol. The maximum atomic E-state index is 5.85. The Morgan fingerprint density at radius 3 is 2.53 bits per heavy atom. The fourth-order valence-electron chi connectivity index (χ4n) is 1.72. The second-order valence-corrected chi connectivity index (χ2v) is 3.98. The van der Waals surface area contributed by atoms with Crippen LogP contribution in [0.15, 0.2) is 36.1 Å². The average molecular weight is 224 g/mol. The molecule has 0 saturated carbocycles. The van der Waals surface area contributed by atoms with E-state index in [-0.39, 0.29) is 0 Å². The van der Waals surface area contributed by atoms with Crippen molar-refractivity contribution in [1.29, 1.82) is 0 Å². The van der Waals surface area contributed by atoms with Crippen LogP contribution in [0.5, 0.6) is 0 Å². The standard InChI is InChI=1S/C12H14ClNO/c1-15-12-6-8-14(9-7-12)11-4-2-10(13)3-5-11/h2-6H,7-9H2,1H3. The minimum Gasteiger partial charge on any atom is -0.501 e. The van der Waals surface area contributed by atoms with Gasteiger partial charge in [-0.1, -0.05) is 11.6 Å². The number of hydrogen-bond acceptors (Lipinski definition) is 2. The topological polar surface area (TPSA) is 12.5 Å². The van der Waals surface area contributed by atoms with E-state index in [0.29, 0.717) is 0 Å². The van der Waals surface area contributed by atoms with Crippen molar-refractivity contribution in [2.24, 2.45) is 0 Å². The van der Waals surface area contributed by atoms with E-state index >= 15 is 0 Å². The highest BCUT2D eigenvalue weighted by atomic mass is 35.5. The lowest BCUT2D eigenvalue weighted by molar-refractivity contribution is 0.272. The molecule has 1 aromatic carbocycles. The van der Waals surface area contributed by atoms with Crippen LogP contribution in [0.2, 0.25) is 5.02 Å². The van der Waals surface area contributed by atoms with Crippen molar-refractivity contribution in [3.63, 3.8) is 0 Å². The van der Waals surface area contributed by atoms with Gasteiger partial charge in [-0.25, -0.2) is 0 Å². The number of benzene rings is 1. The van der Waals surface area contributed by atoms with E-state index in [1.54, 1.807) is 7.11 Å². The maximum absolute atomic E-state index is 5.85. The molecule has 2 nitrogen and oxygen atoms in total. The van der Waals surface area contributed by atoms with Crippen LogP contribution in [0, 0.1) is 0 Å².